The zero-order chi connectivity index (χ0) is 19.3. The number of amides is 1. The Bertz CT molecular complexity index is 689. The number of nitrogens with zero attached hydrogens (tertiary/aromatic N) is 3. The predicted octanol–water partition coefficient (Wildman–Crippen LogP) is 3.95. The van der Waals surface area contributed by atoms with Crippen molar-refractivity contribution in [3.63, 3.8) is 0 Å². The highest BCUT2D eigenvalue weighted by molar-refractivity contribution is 5.78. The van der Waals surface area contributed by atoms with Crippen LogP contribution in [0.15, 0.2) is 30.8 Å². The number of hydrogen-bond donors (Lipinski definition) is 0. The van der Waals surface area contributed by atoms with E-state index in [1.165, 1.54) is 55.5 Å². The van der Waals surface area contributed by atoms with Gasteiger partial charge in [-0.25, -0.2) is 0 Å². The lowest BCUT2D eigenvalue weighted by Gasteiger charge is -2.40. The summed E-state index contributed by atoms with van der Waals surface area (Å²) in [6, 6.07) is 8.77. The molecule has 0 bridgehead atoms. The average Bonchev–Trinajstić information content (AvgIpc) is 2.76. The maximum absolute atomic E-state index is 13.1. The lowest BCUT2D eigenvalue weighted by molar-refractivity contribution is -0.133. The van der Waals surface area contributed by atoms with Gasteiger partial charge in [0, 0.05) is 45.2 Å². The van der Waals surface area contributed by atoms with E-state index in [4.69, 9.17) is 0 Å². The van der Waals surface area contributed by atoms with Gasteiger partial charge < -0.3 is 9.80 Å². The fourth-order valence-electron chi connectivity index (χ4n) is 5.11. The molecule has 0 aliphatic carbocycles. The van der Waals surface area contributed by atoms with Crippen molar-refractivity contribution in [2.75, 3.05) is 45.8 Å². The maximum atomic E-state index is 13.1. The molecule has 4 nitrogen and oxygen atoms in total. The van der Waals surface area contributed by atoms with E-state index < -0.39 is 0 Å². The largest absolute Gasteiger partial charge is 0.343 e. The molecule has 0 spiro atoms. The van der Waals surface area contributed by atoms with Crippen LogP contribution in [0.2, 0.25) is 0 Å². The molecule has 3 aliphatic rings. The highest BCUT2D eigenvalue weighted by Crippen LogP contribution is 2.37. The van der Waals surface area contributed by atoms with Crippen molar-refractivity contribution < 1.29 is 4.79 Å². The van der Waals surface area contributed by atoms with Crippen LogP contribution in [0.25, 0.3) is 5.57 Å². The van der Waals surface area contributed by atoms with E-state index in [-0.39, 0.29) is 6.04 Å². The molecule has 1 aromatic rings. The summed E-state index contributed by atoms with van der Waals surface area (Å²) in [5, 5.41) is 0. The van der Waals surface area contributed by atoms with Crippen LogP contribution in [0, 0.1) is 0 Å². The topological polar surface area (TPSA) is 26.8 Å². The Morgan fingerprint density at radius 3 is 2.36 bits per heavy atom. The Labute approximate surface area is 170 Å². The molecule has 0 radical (unpaired) electrons. The van der Waals surface area contributed by atoms with E-state index in [1.54, 1.807) is 0 Å². The minimum Gasteiger partial charge on any atom is -0.343 e. The van der Waals surface area contributed by atoms with Crippen molar-refractivity contribution in [3.8, 4) is 0 Å². The molecule has 152 valence electrons. The number of hydrogen-bond acceptors (Lipinski definition) is 3. The van der Waals surface area contributed by atoms with Crippen molar-refractivity contribution >= 4 is 11.5 Å². The van der Waals surface area contributed by atoms with Gasteiger partial charge >= 0.3 is 0 Å². The highest BCUT2D eigenvalue weighted by Gasteiger charge is 2.32. The molecule has 3 heterocycles. The molecule has 4 heteroatoms. The number of fused-ring (bicyclic) bond motifs is 1. The molecular formula is C24H35N3O. The van der Waals surface area contributed by atoms with Gasteiger partial charge in [-0.2, -0.15) is 0 Å². The monoisotopic (exact) mass is 381 g/mol. The summed E-state index contributed by atoms with van der Waals surface area (Å²) in [6.45, 7) is 11.7. The second kappa shape index (κ2) is 9.23. The predicted molar refractivity (Wildman–Crippen MR) is 115 cm³/mol. The third-order valence-corrected chi connectivity index (χ3v) is 6.76. The van der Waals surface area contributed by atoms with Crippen molar-refractivity contribution in [3.05, 3.63) is 42.0 Å². The summed E-state index contributed by atoms with van der Waals surface area (Å²) in [5.74, 6) is 0.329. The first-order chi connectivity index (χ1) is 13.7. The smallest absolute Gasteiger partial charge is 0.224 e. The van der Waals surface area contributed by atoms with Crippen LogP contribution in [-0.4, -0.2) is 66.4 Å². The molecule has 1 atom stereocenters. The first kappa shape index (κ1) is 19.7. The summed E-state index contributed by atoms with van der Waals surface area (Å²) in [6.07, 6.45) is 8.20. The Morgan fingerprint density at radius 2 is 1.61 bits per heavy atom. The summed E-state index contributed by atoms with van der Waals surface area (Å²) < 4.78 is 0. The van der Waals surface area contributed by atoms with Gasteiger partial charge in [0.25, 0.3) is 0 Å². The second-order valence-electron chi connectivity index (χ2n) is 8.72. The van der Waals surface area contributed by atoms with Gasteiger partial charge in [0.1, 0.15) is 0 Å². The van der Waals surface area contributed by atoms with Crippen LogP contribution in [0.1, 0.15) is 62.1 Å². The fourth-order valence-corrected chi connectivity index (χ4v) is 5.11. The van der Waals surface area contributed by atoms with Crippen molar-refractivity contribution in [2.45, 2.75) is 51.0 Å². The molecule has 4 rings (SSSR count). The molecule has 1 amide bonds. The van der Waals surface area contributed by atoms with E-state index in [9.17, 15) is 4.79 Å². The minimum absolute atomic E-state index is 0.181. The molecule has 2 saturated heterocycles. The van der Waals surface area contributed by atoms with E-state index in [2.05, 4.69) is 45.5 Å². The normalized spacial score (nSPS) is 24.2. The zero-order valence-electron chi connectivity index (χ0n) is 17.2. The molecule has 0 saturated carbocycles. The van der Waals surface area contributed by atoms with Gasteiger partial charge in [-0.05, 0) is 61.9 Å². The summed E-state index contributed by atoms with van der Waals surface area (Å²) in [7, 11) is 0. The molecule has 3 aliphatic heterocycles. The number of carbonyl (C=O) groups excluding carboxylic acids is 1. The van der Waals surface area contributed by atoms with Crippen LogP contribution in [0.4, 0.5) is 0 Å². The van der Waals surface area contributed by atoms with Gasteiger partial charge in [0.15, 0.2) is 0 Å². The Hall–Kier alpha value is -1.65. The first-order valence-corrected chi connectivity index (χ1v) is 11.2. The molecular weight excluding hydrogens is 346 g/mol. The zero-order valence-corrected chi connectivity index (χ0v) is 17.2. The standard InChI is InChI=1S/C24H35N3O/c1-20-19-27(17-16-25-12-6-2-7-13-25)23(22-11-5-4-10-21(20)22)18-24(28)26-14-8-3-9-15-26/h4-5,10-11,23H,1-3,6-9,12-19H2. The Morgan fingerprint density at radius 1 is 0.929 bits per heavy atom. The molecule has 0 aromatic heterocycles. The minimum atomic E-state index is 0.181. The van der Waals surface area contributed by atoms with Crippen LogP contribution in [-0.2, 0) is 4.79 Å². The number of likely N-dealkylation sites (tertiary alicyclic amines) is 2. The van der Waals surface area contributed by atoms with E-state index in [0.717, 1.165) is 45.6 Å². The lowest BCUT2D eigenvalue weighted by atomic mass is 9.87. The van der Waals surface area contributed by atoms with Crippen LogP contribution >= 0.6 is 0 Å². The Balaban J connectivity index is 1.49. The third-order valence-electron chi connectivity index (χ3n) is 6.76. The van der Waals surface area contributed by atoms with Gasteiger partial charge in [0.05, 0.1) is 0 Å². The van der Waals surface area contributed by atoms with E-state index in [0.29, 0.717) is 12.3 Å². The summed E-state index contributed by atoms with van der Waals surface area (Å²) in [5.41, 5.74) is 3.74. The molecule has 2 fully saturated rings. The van der Waals surface area contributed by atoms with Crippen molar-refractivity contribution in [2.24, 2.45) is 0 Å². The summed E-state index contributed by atoms with van der Waals surface area (Å²) >= 11 is 0. The van der Waals surface area contributed by atoms with Gasteiger partial charge in [-0.3, -0.25) is 9.69 Å². The number of piperidine rings is 2. The first-order valence-electron chi connectivity index (χ1n) is 11.2. The Kier molecular flexibility index (Phi) is 6.48. The third kappa shape index (κ3) is 4.49. The molecule has 1 unspecified atom stereocenters. The molecule has 0 N–H and O–H groups in total. The molecule has 1 aromatic carbocycles. The van der Waals surface area contributed by atoms with E-state index >= 15 is 0 Å². The lowest BCUT2D eigenvalue weighted by Crippen LogP contribution is -2.44. The van der Waals surface area contributed by atoms with Crippen molar-refractivity contribution in [1.82, 2.24) is 14.7 Å². The fraction of sp³-hybridized carbons (Fsp3) is 0.625. The number of benzene rings is 1. The van der Waals surface area contributed by atoms with Gasteiger partial charge in [0.2, 0.25) is 5.91 Å². The van der Waals surface area contributed by atoms with Crippen LogP contribution < -0.4 is 0 Å². The van der Waals surface area contributed by atoms with Gasteiger partial charge in [-0.15, -0.1) is 0 Å². The quantitative estimate of drug-likeness (QED) is 0.773. The van der Waals surface area contributed by atoms with Gasteiger partial charge in [-0.1, -0.05) is 37.3 Å². The van der Waals surface area contributed by atoms with Crippen molar-refractivity contribution in [1.29, 1.82) is 0 Å². The average molecular weight is 382 g/mol. The highest BCUT2D eigenvalue weighted by atomic mass is 16.2. The maximum Gasteiger partial charge on any atom is 0.224 e. The van der Waals surface area contributed by atoms with Crippen LogP contribution in [0.3, 0.4) is 0 Å². The van der Waals surface area contributed by atoms with E-state index in [1.807, 2.05) is 0 Å². The molecule has 28 heavy (non-hydrogen) atoms. The number of carbonyl (C=O) groups is 1. The second-order valence-corrected chi connectivity index (χ2v) is 8.72. The summed E-state index contributed by atoms with van der Waals surface area (Å²) in [4.78, 5) is 20.3. The SMILES string of the molecule is C=C1CN(CCN2CCCCC2)C(CC(=O)N2CCCCC2)c2ccccc21. The number of rotatable bonds is 5. The van der Waals surface area contributed by atoms with Crippen LogP contribution in [0.5, 0.6) is 0 Å².